The third-order valence-corrected chi connectivity index (χ3v) is 8.72. The van der Waals surface area contributed by atoms with Gasteiger partial charge in [0.2, 0.25) is 0 Å². The zero-order valence-electron chi connectivity index (χ0n) is 19.9. The summed E-state index contributed by atoms with van der Waals surface area (Å²) in [6, 6.07) is 0. The molecule has 0 spiro atoms. The second-order valence-corrected chi connectivity index (χ2v) is 11.3. The van der Waals surface area contributed by atoms with Crippen LogP contribution in [0.3, 0.4) is 0 Å². The molecule has 0 aliphatic heterocycles. The highest BCUT2D eigenvalue weighted by Crippen LogP contribution is 2.60. The van der Waals surface area contributed by atoms with E-state index in [9.17, 15) is 19.0 Å². The van der Waals surface area contributed by atoms with E-state index in [1.54, 1.807) is 0 Å². The standard InChI is InChI=1S/C27H42F2O2/c1-18-8-11-22(30)17-21(18)10-9-20-7-6-15-26(5)23(12-13-24(20)26)19(2)14-16-27(28,29)25(3,4)31/h9-10,19,22-24,30-31H,1,6-8,11-17H2,2-5H3/b20-9?,21-10-/t19-,22+,23-,24?,26-/m1/s1. The molecule has 0 aromatic rings. The Morgan fingerprint density at radius 3 is 2.58 bits per heavy atom. The second-order valence-electron chi connectivity index (χ2n) is 11.3. The van der Waals surface area contributed by atoms with Crippen molar-refractivity contribution < 1.29 is 19.0 Å². The third kappa shape index (κ3) is 5.16. The molecule has 3 rings (SSSR count). The van der Waals surface area contributed by atoms with Gasteiger partial charge in [0, 0.05) is 6.42 Å². The Bertz CT molecular complexity index is 730. The summed E-state index contributed by atoms with van der Waals surface area (Å²) in [4.78, 5) is 0. The molecule has 0 bridgehead atoms. The molecule has 3 saturated carbocycles. The zero-order valence-corrected chi connectivity index (χ0v) is 19.9. The van der Waals surface area contributed by atoms with Crippen molar-refractivity contribution >= 4 is 0 Å². The van der Waals surface area contributed by atoms with Crippen LogP contribution in [0, 0.1) is 23.2 Å². The molecule has 0 saturated heterocycles. The van der Waals surface area contributed by atoms with Crippen LogP contribution in [-0.4, -0.2) is 27.8 Å². The Morgan fingerprint density at radius 1 is 1.19 bits per heavy atom. The number of rotatable bonds is 6. The molecule has 3 fully saturated rings. The maximum atomic E-state index is 14.3. The molecule has 0 amide bonds. The normalized spacial score (nSPS) is 36.1. The molecule has 1 unspecified atom stereocenters. The number of alkyl halides is 2. The van der Waals surface area contributed by atoms with Crippen molar-refractivity contribution in [3.05, 3.63) is 35.5 Å². The van der Waals surface area contributed by atoms with Crippen molar-refractivity contribution in [3.63, 3.8) is 0 Å². The predicted molar refractivity (Wildman–Crippen MR) is 123 cm³/mol. The van der Waals surface area contributed by atoms with Crippen LogP contribution in [0.25, 0.3) is 0 Å². The fraction of sp³-hybridized carbons (Fsp3) is 0.778. The number of aliphatic hydroxyl groups excluding tert-OH is 1. The molecular formula is C27H42F2O2. The van der Waals surface area contributed by atoms with Crippen LogP contribution in [0.5, 0.6) is 0 Å². The number of hydrogen-bond acceptors (Lipinski definition) is 2. The van der Waals surface area contributed by atoms with Crippen LogP contribution in [0.15, 0.2) is 35.5 Å². The number of allylic oxidation sites excluding steroid dienone is 4. The highest BCUT2D eigenvalue weighted by atomic mass is 19.3. The van der Waals surface area contributed by atoms with E-state index >= 15 is 0 Å². The van der Waals surface area contributed by atoms with Crippen LogP contribution >= 0.6 is 0 Å². The Labute approximate surface area is 187 Å². The van der Waals surface area contributed by atoms with E-state index in [1.807, 2.05) is 0 Å². The molecule has 31 heavy (non-hydrogen) atoms. The summed E-state index contributed by atoms with van der Waals surface area (Å²) < 4.78 is 28.6. The lowest BCUT2D eigenvalue weighted by Crippen LogP contribution is -2.43. The van der Waals surface area contributed by atoms with Gasteiger partial charge in [-0.3, -0.25) is 0 Å². The summed E-state index contributed by atoms with van der Waals surface area (Å²) in [5.41, 5.74) is 2.00. The van der Waals surface area contributed by atoms with Gasteiger partial charge in [-0.05, 0) is 100 Å². The van der Waals surface area contributed by atoms with Crippen molar-refractivity contribution in [1.82, 2.24) is 0 Å². The number of halogens is 2. The van der Waals surface area contributed by atoms with Gasteiger partial charge < -0.3 is 10.2 Å². The third-order valence-electron chi connectivity index (χ3n) is 8.72. The number of aliphatic hydroxyl groups is 2. The van der Waals surface area contributed by atoms with Crippen molar-refractivity contribution in [2.75, 3.05) is 0 Å². The Morgan fingerprint density at radius 2 is 1.90 bits per heavy atom. The van der Waals surface area contributed by atoms with Gasteiger partial charge in [0.05, 0.1) is 6.10 Å². The fourth-order valence-corrected chi connectivity index (χ4v) is 6.53. The van der Waals surface area contributed by atoms with E-state index in [0.717, 1.165) is 50.5 Å². The number of fused-ring (bicyclic) bond motifs is 1. The van der Waals surface area contributed by atoms with Gasteiger partial charge >= 0.3 is 0 Å². The lowest BCUT2D eigenvalue weighted by Gasteiger charge is -2.44. The van der Waals surface area contributed by atoms with Crippen LogP contribution < -0.4 is 0 Å². The second kappa shape index (κ2) is 9.09. The van der Waals surface area contributed by atoms with Crippen LogP contribution in [0.2, 0.25) is 0 Å². The summed E-state index contributed by atoms with van der Waals surface area (Å²) in [6.07, 6.45) is 12.4. The van der Waals surface area contributed by atoms with E-state index < -0.39 is 11.5 Å². The summed E-state index contributed by atoms with van der Waals surface area (Å²) in [7, 11) is 0. The molecule has 0 radical (unpaired) electrons. The molecule has 176 valence electrons. The first kappa shape index (κ1) is 24.6. The van der Waals surface area contributed by atoms with Crippen LogP contribution in [0.1, 0.15) is 91.9 Å². The van der Waals surface area contributed by atoms with E-state index in [1.165, 1.54) is 25.0 Å². The Kier molecular flexibility index (Phi) is 7.23. The average molecular weight is 437 g/mol. The monoisotopic (exact) mass is 436 g/mol. The predicted octanol–water partition coefficient (Wildman–Crippen LogP) is 6.98. The van der Waals surface area contributed by atoms with E-state index in [2.05, 4.69) is 32.6 Å². The molecule has 4 heteroatoms. The Balaban J connectivity index is 1.71. The van der Waals surface area contributed by atoms with Gasteiger partial charge in [0.1, 0.15) is 5.60 Å². The number of hydrogen-bond donors (Lipinski definition) is 2. The van der Waals surface area contributed by atoms with Crippen LogP contribution in [0.4, 0.5) is 8.78 Å². The summed E-state index contributed by atoms with van der Waals surface area (Å²) in [5.74, 6) is -1.88. The van der Waals surface area contributed by atoms with Gasteiger partial charge in [-0.1, -0.05) is 43.7 Å². The summed E-state index contributed by atoms with van der Waals surface area (Å²) in [5, 5.41) is 19.8. The van der Waals surface area contributed by atoms with Crippen molar-refractivity contribution in [2.24, 2.45) is 23.2 Å². The maximum absolute atomic E-state index is 14.3. The topological polar surface area (TPSA) is 40.5 Å². The molecule has 2 N–H and O–H groups in total. The van der Waals surface area contributed by atoms with Gasteiger partial charge in [-0.15, -0.1) is 0 Å². The summed E-state index contributed by atoms with van der Waals surface area (Å²) in [6.45, 7) is 11.1. The van der Waals surface area contributed by atoms with Crippen LogP contribution in [-0.2, 0) is 0 Å². The molecule has 3 aliphatic carbocycles. The van der Waals surface area contributed by atoms with Gasteiger partial charge in [0.15, 0.2) is 0 Å². The molecule has 0 heterocycles. The van der Waals surface area contributed by atoms with Crippen molar-refractivity contribution in [2.45, 2.75) is 110 Å². The van der Waals surface area contributed by atoms with Gasteiger partial charge in [-0.25, -0.2) is 8.78 Å². The lowest BCUT2D eigenvalue weighted by atomic mass is 9.60. The lowest BCUT2D eigenvalue weighted by molar-refractivity contribution is -0.168. The first-order valence-corrected chi connectivity index (χ1v) is 12.2. The zero-order chi connectivity index (χ0) is 23.0. The van der Waals surface area contributed by atoms with Crippen molar-refractivity contribution in [3.8, 4) is 0 Å². The molecular weight excluding hydrogens is 394 g/mol. The minimum Gasteiger partial charge on any atom is -0.393 e. The Hall–Kier alpha value is -1.00. The molecule has 3 aliphatic rings. The average Bonchev–Trinajstić information content (AvgIpc) is 3.03. The quantitative estimate of drug-likeness (QED) is 0.471. The minimum absolute atomic E-state index is 0.162. The fourth-order valence-electron chi connectivity index (χ4n) is 6.53. The van der Waals surface area contributed by atoms with E-state index in [0.29, 0.717) is 24.7 Å². The molecule has 0 aromatic heterocycles. The van der Waals surface area contributed by atoms with Gasteiger partial charge in [-0.2, -0.15) is 0 Å². The van der Waals surface area contributed by atoms with Gasteiger partial charge in [0.25, 0.3) is 5.92 Å². The first-order chi connectivity index (χ1) is 14.3. The molecule has 5 atom stereocenters. The largest absolute Gasteiger partial charge is 0.393 e. The maximum Gasteiger partial charge on any atom is 0.275 e. The highest BCUT2D eigenvalue weighted by Gasteiger charge is 2.51. The van der Waals surface area contributed by atoms with E-state index in [4.69, 9.17) is 0 Å². The highest BCUT2D eigenvalue weighted by molar-refractivity contribution is 5.36. The SMILES string of the molecule is C=C1CC[C@H](O)C/C1=C/C=C1CCC[C@@]2(C)C1CC[C@@H]2[C@H](C)CCC(F)(F)C(C)(C)O. The minimum atomic E-state index is -3.06. The van der Waals surface area contributed by atoms with Crippen molar-refractivity contribution in [1.29, 1.82) is 0 Å². The first-order valence-electron chi connectivity index (χ1n) is 12.2. The molecule has 2 nitrogen and oxygen atoms in total. The smallest absolute Gasteiger partial charge is 0.275 e. The summed E-state index contributed by atoms with van der Waals surface area (Å²) >= 11 is 0. The van der Waals surface area contributed by atoms with E-state index in [-0.39, 0.29) is 23.9 Å². The molecule has 0 aromatic carbocycles.